The zero-order chi connectivity index (χ0) is 45.7. The van der Waals surface area contributed by atoms with Crippen LogP contribution in [0.2, 0.25) is 0 Å². The minimum atomic E-state index is -3.53. The number of carbonyl (C=O) groups excluding carboxylic acids is 2. The van der Waals surface area contributed by atoms with E-state index in [-0.39, 0.29) is 11.8 Å². The molecule has 2 amide bonds. The highest BCUT2D eigenvalue weighted by Gasteiger charge is 2.21. The Bertz CT molecular complexity index is 3370. The molecule has 10 aromatic carbocycles. The third-order valence-corrected chi connectivity index (χ3v) is 13.9. The monoisotopic (exact) mass is 915 g/mol. The molecule has 0 aliphatic rings. The van der Waals surface area contributed by atoms with Gasteiger partial charge in [0.2, 0.25) is 11.8 Å². The van der Waals surface area contributed by atoms with Crippen molar-refractivity contribution in [2.24, 2.45) is 15.1 Å². The van der Waals surface area contributed by atoms with E-state index in [0.717, 1.165) is 12.8 Å². The number of hydrogen-bond donors (Lipinski definition) is 2. The highest BCUT2D eigenvalue weighted by atomic mass is 32.5. The summed E-state index contributed by atoms with van der Waals surface area (Å²) < 4.78 is 11.8. The number of benzene rings is 10. The quantitative estimate of drug-likeness (QED) is 0.0177. The van der Waals surface area contributed by atoms with Crippen molar-refractivity contribution in [3.05, 3.63) is 190 Å². The third-order valence-electron chi connectivity index (χ3n) is 12.1. The highest BCUT2D eigenvalue weighted by molar-refractivity contribution is 8.09. The molecule has 328 valence electrons. The maximum atomic E-state index is 12.7. The van der Waals surface area contributed by atoms with Gasteiger partial charge in [0.1, 0.15) is 11.5 Å². The van der Waals surface area contributed by atoms with Crippen molar-refractivity contribution >= 4 is 107 Å². The summed E-state index contributed by atoms with van der Waals surface area (Å²) in [5, 5.41) is 23.2. The first-order valence-electron chi connectivity index (χ1n) is 22.0. The summed E-state index contributed by atoms with van der Waals surface area (Å²) in [5.74, 6) is 0.316. The Morgan fingerprint density at radius 2 is 0.896 bits per heavy atom. The fourth-order valence-corrected chi connectivity index (χ4v) is 10.6. The van der Waals surface area contributed by atoms with E-state index in [9.17, 15) is 15.1 Å². The second-order valence-corrected chi connectivity index (χ2v) is 19.3. The largest absolute Gasteiger partial charge is 0.431 e. The smallest absolute Gasteiger partial charge is 0.379 e. The zero-order valence-corrected chi connectivity index (χ0v) is 37.8. The number of amides is 2. The van der Waals surface area contributed by atoms with E-state index >= 15 is 0 Å². The molecular formula is C54H42N7O4PS. The van der Waals surface area contributed by atoms with Gasteiger partial charge in [-0.15, -0.1) is 0 Å². The lowest BCUT2D eigenvalue weighted by Crippen LogP contribution is -2.17. The molecule has 0 fully saturated rings. The van der Waals surface area contributed by atoms with Gasteiger partial charge >= 0.3 is 6.64 Å². The summed E-state index contributed by atoms with van der Waals surface area (Å²) >= 11 is 5.56. The van der Waals surface area contributed by atoms with Crippen LogP contribution in [0.3, 0.4) is 0 Å². The number of carbonyl (C=O) groups is 2. The first-order chi connectivity index (χ1) is 32.8. The molecule has 13 heteroatoms. The van der Waals surface area contributed by atoms with E-state index in [1.54, 1.807) is 48.5 Å². The molecule has 67 heavy (non-hydrogen) atoms. The third kappa shape index (κ3) is 9.32. The summed E-state index contributed by atoms with van der Waals surface area (Å²) in [6, 6.07) is 52.4. The maximum Gasteiger partial charge on any atom is 0.379 e. The number of nitrogens with one attached hydrogen (secondary N) is 2. The minimum absolute atomic E-state index is 0.174. The molecule has 0 radical (unpaired) electrons. The predicted molar refractivity (Wildman–Crippen MR) is 275 cm³/mol. The van der Waals surface area contributed by atoms with Crippen LogP contribution in [-0.2, 0) is 34.2 Å². The van der Waals surface area contributed by atoms with Crippen molar-refractivity contribution < 1.29 is 18.6 Å². The number of rotatable bonds is 17. The minimum Gasteiger partial charge on any atom is -0.431 e. The molecular weight excluding hydrogens is 874 g/mol. The van der Waals surface area contributed by atoms with Gasteiger partial charge in [0.15, 0.2) is 0 Å². The fraction of sp³-hybridized carbons (Fsp3) is 0.111. The van der Waals surface area contributed by atoms with Crippen LogP contribution < -0.4 is 19.9 Å². The second kappa shape index (κ2) is 18.9. The standard InChI is InChI=1S/C54H42N7O4PS/c55-60-61-66(67,64-45-27-13-35(14-28-45)33-56-58-49(62)11-3-5-37-17-19-43-23-21-39-7-1-9-41-25-31-47(37)53(43)51(39)41)65-46-29-15-36(16-30-46)34-57-59-50(63)12-4-6-38-18-20-44-24-22-40-8-2-10-42-26-32-48(38)54(44)52(40)42/h1-2,7-10,13-34H,3-6,11-12H2,(H,58,62)(H,59,63)/b56-33+,57-34+. The van der Waals surface area contributed by atoms with Crippen LogP contribution in [0, 0.1) is 0 Å². The van der Waals surface area contributed by atoms with E-state index < -0.39 is 6.64 Å². The first kappa shape index (κ1) is 43.0. The normalized spacial score (nSPS) is 12.0. The molecule has 0 aromatic heterocycles. The molecule has 11 nitrogen and oxygen atoms in total. The Morgan fingerprint density at radius 1 is 0.522 bits per heavy atom. The van der Waals surface area contributed by atoms with Crippen LogP contribution in [0.5, 0.6) is 11.5 Å². The van der Waals surface area contributed by atoms with E-state index in [1.165, 1.54) is 88.2 Å². The molecule has 0 unspecified atom stereocenters. The van der Waals surface area contributed by atoms with E-state index in [4.69, 9.17) is 20.9 Å². The molecule has 0 bridgehead atoms. The fourth-order valence-electron chi connectivity index (χ4n) is 8.98. The Balaban J connectivity index is 0.672. The predicted octanol–water partition coefficient (Wildman–Crippen LogP) is 13.4. The van der Waals surface area contributed by atoms with Crippen molar-refractivity contribution in [1.29, 1.82) is 0 Å². The molecule has 0 atom stereocenters. The van der Waals surface area contributed by atoms with E-state index in [1.807, 2.05) is 0 Å². The molecule has 0 heterocycles. The number of aryl methyl sites for hydroxylation is 2. The lowest BCUT2D eigenvalue weighted by atomic mass is 9.90. The molecule has 10 aromatic rings. The Labute approximate surface area is 390 Å². The number of nitrogens with zero attached hydrogens (tertiary/aromatic N) is 5. The SMILES string of the molecule is [N-]=[N+]=NP(=S)(Oc1ccc(/C=N/NC(=O)CCCc2ccc3ccc4cccc5ccc2c3c45)cc1)Oc1ccc(/C=N/NC(=O)CCCc2ccc3ccc4cccc5ccc2c3c45)cc1. The van der Waals surface area contributed by atoms with Crippen LogP contribution in [-0.4, -0.2) is 24.2 Å². The van der Waals surface area contributed by atoms with Crippen LogP contribution in [0.25, 0.3) is 75.1 Å². The molecule has 0 spiro atoms. The van der Waals surface area contributed by atoms with Crippen molar-refractivity contribution in [2.75, 3.05) is 0 Å². The van der Waals surface area contributed by atoms with Gasteiger partial charge in [0, 0.05) is 22.6 Å². The molecule has 10 rings (SSSR count). The Morgan fingerprint density at radius 3 is 1.30 bits per heavy atom. The molecule has 0 saturated heterocycles. The molecule has 2 N–H and O–H groups in total. The zero-order valence-electron chi connectivity index (χ0n) is 36.1. The summed E-state index contributed by atoms with van der Waals surface area (Å²) in [7, 11) is 0. The lowest BCUT2D eigenvalue weighted by Gasteiger charge is -2.19. The van der Waals surface area contributed by atoms with Crippen LogP contribution >= 0.6 is 6.64 Å². The van der Waals surface area contributed by atoms with Crippen molar-refractivity contribution in [3.8, 4) is 11.5 Å². The number of hydrazone groups is 2. The van der Waals surface area contributed by atoms with Gasteiger partial charge < -0.3 is 9.05 Å². The Kier molecular flexibility index (Phi) is 12.2. The summed E-state index contributed by atoms with van der Waals surface area (Å²) in [6.45, 7) is -3.53. The molecule has 0 aliphatic heterocycles. The van der Waals surface area contributed by atoms with Gasteiger partial charge in [-0.05, 0) is 178 Å². The summed E-state index contributed by atoms with van der Waals surface area (Å²) in [6.07, 6.45) is 6.64. The highest BCUT2D eigenvalue weighted by Crippen LogP contribution is 2.50. The lowest BCUT2D eigenvalue weighted by molar-refractivity contribution is -0.121. The van der Waals surface area contributed by atoms with E-state index in [2.05, 4.69) is 140 Å². The van der Waals surface area contributed by atoms with Crippen molar-refractivity contribution in [2.45, 2.75) is 38.5 Å². The van der Waals surface area contributed by atoms with Crippen LogP contribution in [0.15, 0.2) is 173 Å². The molecule has 0 aliphatic carbocycles. The first-order valence-corrected chi connectivity index (χ1v) is 24.6. The summed E-state index contributed by atoms with van der Waals surface area (Å²) in [5.41, 5.74) is 18.4. The summed E-state index contributed by atoms with van der Waals surface area (Å²) in [4.78, 5) is 31.9. The molecule has 0 saturated carbocycles. The second-order valence-electron chi connectivity index (χ2n) is 16.4. The van der Waals surface area contributed by atoms with Gasteiger partial charge in [-0.25, -0.2) is 10.9 Å². The topological polar surface area (TPSA) is 150 Å². The van der Waals surface area contributed by atoms with Crippen molar-refractivity contribution in [1.82, 2.24) is 10.9 Å². The van der Waals surface area contributed by atoms with Gasteiger partial charge in [0.05, 0.1) is 12.4 Å². The number of azide groups is 1. The van der Waals surface area contributed by atoms with Crippen LogP contribution in [0.4, 0.5) is 0 Å². The Hall–Kier alpha value is -7.88. The van der Waals surface area contributed by atoms with Crippen molar-refractivity contribution in [3.63, 3.8) is 0 Å². The average molecular weight is 916 g/mol. The van der Waals surface area contributed by atoms with Gasteiger partial charge in [-0.2, -0.15) is 10.2 Å². The maximum absolute atomic E-state index is 12.7. The van der Waals surface area contributed by atoms with E-state index in [0.29, 0.717) is 48.3 Å². The van der Waals surface area contributed by atoms with Crippen LogP contribution in [0.1, 0.15) is 47.9 Å². The average Bonchev–Trinajstić information content (AvgIpc) is 3.34. The number of hydrogen-bond acceptors (Lipinski definition) is 7. The van der Waals surface area contributed by atoms with Gasteiger partial charge in [0.25, 0.3) is 0 Å². The van der Waals surface area contributed by atoms with Gasteiger partial charge in [-0.1, -0.05) is 109 Å². The van der Waals surface area contributed by atoms with Gasteiger partial charge in [-0.3, -0.25) is 9.59 Å².